The fraction of sp³-hybridized carbons (Fsp3) is 0.740. The molecule has 9 aliphatic carbocycles. The van der Waals surface area contributed by atoms with Crippen LogP contribution in [0.3, 0.4) is 0 Å². The molecule has 86 heavy (non-hydrogen) atoms. The Kier molecular flexibility index (Phi) is 22.1. The van der Waals surface area contributed by atoms with E-state index < -0.39 is 16.5 Å². The summed E-state index contributed by atoms with van der Waals surface area (Å²) in [5.74, 6) is 5.07. The summed E-state index contributed by atoms with van der Waals surface area (Å²) in [6, 6.07) is 12.5. The lowest BCUT2D eigenvalue weighted by Crippen LogP contribution is -2.28. The van der Waals surface area contributed by atoms with Crippen molar-refractivity contribution in [3.05, 3.63) is 36.4 Å². The summed E-state index contributed by atoms with van der Waals surface area (Å²) in [6.45, 7) is 0. The third-order valence-electron chi connectivity index (χ3n) is 20.7. The van der Waals surface area contributed by atoms with E-state index in [0.717, 1.165) is 270 Å². The molecule has 0 aromatic heterocycles. The van der Waals surface area contributed by atoms with Crippen LogP contribution in [0.25, 0.3) is 0 Å². The number of benzene rings is 3. The lowest BCUT2D eigenvalue weighted by Gasteiger charge is -2.45. The summed E-state index contributed by atoms with van der Waals surface area (Å²) in [6.07, 6.45) is 43.5. The van der Waals surface area contributed by atoms with Gasteiger partial charge >= 0.3 is 6.16 Å². The second-order valence-electron chi connectivity index (χ2n) is 27.6. The van der Waals surface area contributed by atoms with E-state index in [0.29, 0.717) is 66.4 Å². The normalized spacial score (nSPS) is 23.2. The Morgan fingerprint density at radius 3 is 0.558 bits per heavy atom. The number of carbonyl (C=O) groups is 1. The Morgan fingerprint density at radius 1 is 0.256 bits per heavy atom. The minimum Gasteiger partial charge on any atom is -0.490 e. The van der Waals surface area contributed by atoms with Gasteiger partial charge in [0, 0.05) is 46.7 Å². The maximum atomic E-state index is 15.2. The zero-order valence-electron chi connectivity index (χ0n) is 52.3. The highest BCUT2D eigenvalue weighted by atomic mass is 32.3. The van der Waals surface area contributed by atoms with Crippen LogP contribution in [0.1, 0.15) is 289 Å². The first-order valence-corrected chi connectivity index (χ1v) is 37.2. The Balaban J connectivity index is 1.21. The van der Waals surface area contributed by atoms with Crippen LogP contribution in [0.4, 0.5) is 4.79 Å². The maximum absolute atomic E-state index is 15.2. The minimum absolute atomic E-state index is 0.0254. The van der Waals surface area contributed by atoms with Gasteiger partial charge in [0.15, 0.2) is 0 Å². The lowest BCUT2D eigenvalue weighted by molar-refractivity contribution is 0.125. The molecular formula is C73H106O12S. The summed E-state index contributed by atoms with van der Waals surface area (Å²) >= 11 is 0. The third kappa shape index (κ3) is 16.1. The van der Waals surface area contributed by atoms with Crippen molar-refractivity contribution in [2.45, 2.75) is 359 Å². The first kappa shape index (κ1) is 61.7. The number of hydrogen-bond acceptors (Lipinski definition) is 11. The van der Waals surface area contributed by atoms with Gasteiger partial charge in [0.05, 0.1) is 54.9 Å². The summed E-state index contributed by atoms with van der Waals surface area (Å²) in [7, 11) is -3.89. The number of carboxylic acid groups (broad SMARTS) is 1. The highest BCUT2D eigenvalue weighted by molar-refractivity contribution is 8.30. The van der Waals surface area contributed by atoms with E-state index in [-0.39, 0.29) is 54.9 Å². The Bertz CT molecular complexity index is 2200. The van der Waals surface area contributed by atoms with Crippen molar-refractivity contribution in [2.75, 3.05) is 0 Å². The summed E-state index contributed by atoms with van der Waals surface area (Å²) in [4.78, 5) is 16.8. The number of ether oxygens (including phenoxy) is 9. The third-order valence-corrected chi connectivity index (χ3v) is 24.0. The summed E-state index contributed by atoms with van der Waals surface area (Å²) in [5, 5.41) is 12.4. The van der Waals surface area contributed by atoms with E-state index in [1.165, 1.54) is 19.3 Å². The van der Waals surface area contributed by atoms with Crippen molar-refractivity contribution in [1.29, 1.82) is 0 Å². The van der Waals surface area contributed by atoms with Crippen molar-refractivity contribution in [1.82, 2.24) is 0 Å². The molecular weight excluding hydrogens is 1100 g/mol. The average Bonchev–Trinajstić information content (AvgIpc) is 0.722. The van der Waals surface area contributed by atoms with Gasteiger partial charge < -0.3 is 51.9 Å². The highest BCUT2D eigenvalue weighted by Gasteiger charge is 2.52. The Labute approximate surface area is 517 Å². The van der Waals surface area contributed by atoms with Crippen molar-refractivity contribution < 1.29 is 56.7 Å². The molecule has 0 bridgehead atoms. The van der Waals surface area contributed by atoms with Gasteiger partial charge in [-0.2, -0.15) is 0 Å². The first-order chi connectivity index (χ1) is 42.4. The summed E-state index contributed by atoms with van der Waals surface area (Å²) in [5.41, 5.74) is 0. The lowest BCUT2D eigenvalue weighted by atomic mass is 9.97. The second-order valence-corrected chi connectivity index (χ2v) is 30.1. The smallest absolute Gasteiger partial charge is 0.490 e. The molecule has 0 aliphatic heterocycles. The second kappa shape index (κ2) is 30.8. The number of hydrogen-bond donors (Lipinski definition) is 1. The maximum Gasteiger partial charge on any atom is 0.517 e. The molecule has 0 heterocycles. The molecule has 13 heteroatoms. The van der Waals surface area contributed by atoms with Crippen LogP contribution in [0.2, 0.25) is 0 Å². The van der Waals surface area contributed by atoms with E-state index in [1.54, 1.807) is 0 Å². The fourth-order valence-corrected chi connectivity index (χ4v) is 19.5. The van der Waals surface area contributed by atoms with Crippen LogP contribution in [-0.4, -0.2) is 66.2 Å². The van der Waals surface area contributed by atoms with E-state index in [9.17, 15) is 5.11 Å². The van der Waals surface area contributed by atoms with E-state index in [1.807, 2.05) is 0 Å². The monoisotopic (exact) mass is 1210 g/mol. The number of rotatable bonds is 22. The molecule has 9 fully saturated rings. The molecule has 3 aromatic rings. The first-order valence-electron chi connectivity index (χ1n) is 35.7. The fourth-order valence-electron chi connectivity index (χ4n) is 16.1. The van der Waals surface area contributed by atoms with E-state index >= 15 is 4.79 Å². The molecule has 1 N–H and O–H groups in total. The molecule has 12 rings (SSSR count). The van der Waals surface area contributed by atoms with Crippen molar-refractivity contribution in [3.63, 3.8) is 0 Å². The van der Waals surface area contributed by atoms with Gasteiger partial charge in [-0.15, -0.1) is 0 Å². The largest absolute Gasteiger partial charge is 0.517 e. The predicted molar refractivity (Wildman–Crippen MR) is 338 cm³/mol. The van der Waals surface area contributed by atoms with Crippen LogP contribution in [0.15, 0.2) is 51.1 Å². The van der Waals surface area contributed by atoms with Crippen LogP contribution in [0, 0.1) is 0 Å². The van der Waals surface area contributed by atoms with E-state index in [2.05, 4.69) is 36.4 Å². The van der Waals surface area contributed by atoms with Gasteiger partial charge in [-0.1, -0.05) is 57.8 Å². The molecule has 0 saturated heterocycles. The standard InChI is InChI=1S/C73H106O12S/c74-73(75)85-86(70-64(79-55-34-16-4-17-35-55)46-61(76-52-28-10-1-11-29-52)47-65(70)80-56-36-18-5-19-37-56,71-66(81-57-38-20-6-21-39-57)48-62(77-53-30-12-2-13-31-53)49-67(71)82-58-40-22-7-23-41-58)72-68(83-59-42-24-8-25-43-59)50-63(78-54-32-14-3-15-33-54)51-69(72)84-60-44-26-9-27-45-60/h46-60H,1-45H2,(H,74,75). The minimum atomic E-state index is -3.89. The van der Waals surface area contributed by atoms with Crippen LogP contribution < -0.4 is 42.6 Å². The van der Waals surface area contributed by atoms with Crippen molar-refractivity contribution in [3.8, 4) is 51.7 Å². The Hall–Kier alpha value is -4.52. The highest BCUT2D eigenvalue weighted by Crippen LogP contribution is 2.81. The van der Waals surface area contributed by atoms with Gasteiger partial charge in [-0.25, -0.2) is 4.79 Å². The molecule has 0 unspecified atom stereocenters. The van der Waals surface area contributed by atoms with Gasteiger partial charge in [0.1, 0.15) is 66.4 Å². The quantitative estimate of drug-likeness (QED) is 0.103. The molecule has 0 atom stereocenters. The molecule has 0 spiro atoms. The molecule has 0 amide bonds. The zero-order valence-corrected chi connectivity index (χ0v) is 53.1. The van der Waals surface area contributed by atoms with Crippen LogP contribution >= 0.6 is 10.3 Å². The SMILES string of the molecule is O=C(O)OS(c1c(OC2CCCCC2)cc(OC2CCCCC2)cc1OC1CCCCC1)(c1c(OC2CCCCC2)cc(OC2CCCCC2)cc1OC1CCCCC1)c1c(OC2CCCCC2)cc(OC2CCCCC2)cc1OC1CCCCC1. The van der Waals surface area contributed by atoms with Gasteiger partial charge in [-0.05, 0) is 231 Å². The topological polar surface area (TPSA) is 130 Å². The average molecular weight is 1210 g/mol. The van der Waals surface area contributed by atoms with Crippen LogP contribution in [-0.2, 0) is 4.18 Å². The molecule has 9 saturated carbocycles. The van der Waals surface area contributed by atoms with Crippen molar-refractivity contribution in [2.24, 2.45) is 0 Å². The van der Waals surface area contributed by atoms with Gasteiger partial charge in [-0.3, -0.25) is 0 Å². The summed E-state index contributed by atoms with van der Waals surface area (Å²) < 4.78 is 75.7. The van der Waals surface area contributed by atoms with E-state index in [4.69, 9.17) is 46.8 Å². The predicted octanol–water partition coefficient (Wildman–Crippen LogP) is 21.0. The van der Waals surface area contributed by atoms with Gasteiger partial charge in [0.25, 0.3) is 0 Å². The molecule has 3 aromatic carbocycles. The molecule has 0 radical (unpaired) electrons. The Morgan fingerprint density at radius 2 is 0.407 bits per heavy atom. The van der Waals surface area contributed by atoms with Crippen molar-refractivity contribution >= 4 is 16.5 Å². The molecule has 12 nitrogen and oxygen atoms in total. The molecule has 476 valence electrons. The zero-order chi connectivity index (χ0) is 58.3. The van der Waals surface area contributed by atoms with Gasteiger partial charge in [0.2, 0.25) is 0 Å². The van der Waals surface area contributed by atoms with Crippen LogP contribution in [0.5, 0.6) is 51.7 Å². The molecule has 9 aliphatic rings.